The summed E-state index contributed by atoms with van der Waals surface area (Å²) in [6.45, 7) is 31.6. The van der Waals surface area contributed by atoms with Gasteiger partial charge in [0.15, 0.2) is 0 Å². The number of aryl methyl sites for hydroxylation is 1. The van der Waals surface area contributed by atoms with Gasteiger partial charge in [-0.05, 0) is 199 Å². The Morgan fingerprint density at radius 2 is 0.918 bits per heavy atom. The SMILES string of the molecule is Cc1cc2c3c(c1)N(c1ccc4c(c1)C(C)(C)CCC4(C)C)c1c(oc4cc5c(cc14)C(C)(C)CCC5(C)C)B3c1ccc(-c3ccccc3)cc1N2c1cc2c(cc1-c1ccccc1)C(C)(C)CCC2(C)C. The molecule has 0 saturated heterocycles. The third-order valence-electron chi connectivity index (χ3n) is 19.3. The van der Waals surface area contributed by atoms with Crippen LogP contribution in [0.2, 0.25) is 0 Å². The molecule has 0 unspecified atom stereocenters. The minimum Gasteiger partial charge on any atom is -0.468 e. The lowest BCUT2D eigenvalue weighted by molar-refractivity contribution is 0.332. The summed E-state index contributed by atoms with van der Waals surface area (Å²) in [5.74, 6) is 0. The Balaban J connectivity index is 1.17. The first-order chi connectivity index (χ1) is 34.5. The van der Waals surface area contributed by atoms with E-state index in [1.807, 2.05) is 0 Å². The molecule has 0 bridgehead atoms. The van der Waals surface area contributed by atoms with Gasteiger partial charge in [0, 0.05) is 33.7 Å². The van der Waals surface area contributed by atoms with Crippen LogP contribution in [-0.2, 0) is 32.5 Å². The molecule has 0 amide bonds. The first-order valence-electron chi connectivity index (χ1n) is 27.5. The monoisotopic (exact) mass is 957 g/mol. The zero-order valence-electron chi connectivity index (χ0n) is 45.8. The van der Waals surface area contributed by atoms with Gasteiger partial charge in [0.25, 0.3) is 6.71 Å². The Morgan fingerprint density at radius 1 is 0.411 bits per heavy atom. The van der Waals surface area contributed by atoms with Crippen molar-refractivity contribution in [3.05, 3.63) is 172 Å². The topological polar surface area (TPSA) is 19.6 Å². The molecule has 73 heavy (non-hydrogen) atoms. The highest BCUT2D eigenvalue weighted by molar-refractivity contribution is 7.00. The van der Waals surface area contributed by atoms with Gasteiger partial charge in [-0.1, -0.05) is 162 Å². The van der Waals surface area contributed by atoms with E-state index >= 15 is 0 Å². The van der Waals surface area contributed by atoms with Crippen LogP contribution in [0, 0.1) is 6.92 Å². The Bertz CT molecular complexity index is 3600. The molecule has 0 fully saturated rings. The summed E-state index contributed by atoms with van der Waals surface area (Å²) in [4.78, 5) is 5.32. The summed E-state index contributed by atoms with van der Waals surface area (Å²) < 4.78 is 7.71. The number of rotatable bonds is 4. The van der Waals surface area contributed by atoms with E-state index in [2.05, 4.69) is 233 Å². The molecule has 0 N–H and O–H groups in total. The molecule has 5 aliphatic rings. The second kappa shape index (κ2) is 15.4. The van der Waals surface area contributed by atoms with Crippen LogP contribution in [0.15, 0.2) is 138 Å². The minimum atomic E-state index is -0.153. The van der Waals surface area contributed by atoms with E-state index < -0.39 is 0 Å². The highest BCUT2D eigenvalue weighted by Gasteiger charge is 2.49. The molecule has 0 saturated carbocycles. The second-order valence-electron chi connectivity index (χ2n) is 27.0. The van der Waals surface area contributed by atoms with Gasteiger partial charge in [-0.15, -0.1) is 0 Å². The van der Waals surface area contributed by atoms with Crippen molar-refractivity contribution in [1.29, 1.82) is 0 Å². The van der Waals surface area contributed by atoms with Crippen molar-refractivity contribution in [2.75, 3.05) is 9.80 Å². The van der Waals surface area contributed by atoms with Crippen LogP contribution >= 0.6 is 0 Å². The zero-order chi connectivity index (χ0) is 50.9. The van der Waals surface area contributed by atoms with Gasteiger partial charge in [0.1, 0.15) is 5.58 Å². The van der Waals surface area contributed by atoms with Crippen molar-refractivity contribution >= 4 is 68.4 Å². The second-order valence-corrected chi connectivity index (χ2v) is 27.0. The van der Waals surface area contributed by atoms with Crippen molar-refractivity contribution < 1.29 is 4.42 Å². The van der Waals surface area contributed by atoms with Gasteiger partial charge in [-0.2, -0.15) is 0 Å². The van der Waals surface area contributed by atoms with Crippen molar-refractivity contribution in [3.8, 4) is 22.3 Å². The molecule has 3 aliphatic carbocycles. The Morgan fingerprint density at radius 3 is 1.52 bits per heavy atom. The molecule has 3 heterocycles. The average molecular weight is 957 g/mol. The summed E-state index contributed by atoms with van der Waals surface area (Å²) in [6, 6.07) is 52.1. The molecule has 4 heteroatoms. The first kappa shape index (κ1) is 46.5. The fraction of sp³-hybridized carbons (Fsp3) is 0.362. The van der Waals surface area contributed by atoms with Gasteiger partial charge in [0.2, 0.25) is 0 Å². The largest absolute Gasteiger partial charge is 0.468 e. The lowest BCUT2D eigenvalue weighted by atomic mass is 9.35. The molecule has 0 spiro atoms. The molecule has 1 aromatic heterocycles. The number of benzene rings is 7. The smallest absolute Gasteiger partial charge is 0.297 e. The van der Waals surface area contributed by atoms with Gasteiger partial charge >= 0.3 is 0 Å². The van der Waals surface area contributed by atoms with Crippen molar-refractivity contribution in [1.82, 2.24) is 0 Å². The number of fused-ring (bicyclic) bond motifs is 9. The molecule has 13 rings (SSSR count). The van der Waals surface area contributed by atoms with Crippen molar-refractivity contribution in [2.24, 2.45) is 0 Å². The van der Waals surface area contributed by atoms with Gasteiger partial charge < -0.3 is 14.2 Å². The Labute approximate surface area is 436 Å². The van der Waals surface area contributed by atoms with Crippen LogP contribution in [0.5, 0.6) is 0 Å². The van der Waals surface area contributed by atoms with E-state index in [0.29, 0.717) is 0 Å². The number of anilines is 6. The van der Waals surface area contributed by atoms with Crippen molar-refractivity contribution in [3.63, 3.8) is 0 Å². The normalized spacial score (nSPS) is 19.8. The number of hydrogen-bond donors (Lipinski definition) is 0. The predicted octanol–water partition coefficient (Wildman–Crippen LogP) is 17.2. The molecule has 0 atom stereocenters. The number of hydrogen-bond acceptors (Lipinski definition) is 3. The molecule has 3 nitrogen and oxygen atoms in total. The molecular formula is C69H73BN2O. The van der Waals surface area contributed by atoms with Gasteiger partial charge in [-0.3, -0.25) is 0 Å². The Kier molecular flexibility index (Phi) is 9.82. The maximum absolute atomic E-state index is 7.71. The summed E-state index contributed by atoms with van der Waals surface area (Å²) in [7, 11) is 0. The third kappa shape index (κ3) is 6.90. The molecule has 368 valence electrons. The van der Waals surface area contributed by atoms with Crippen LogP contribution < -0.4 is 26.4 Å². The van der Waals surface area contributed by atoms with E-state index in [1.54, 1.807) is 0 Å². The molecule has 8 aromatic rings. The maximum Gasteiger partial charge on any atom is 0.297 e. The van der Waals surface area contributed by atoms with E-state index in [9.17, 15) is 0 Å². The standard InChI is InChI=1S/C69H73BN2O/c1-42-34-58-61-59(35-42)72(56-40-53-51(66(6,7)30-32-68(53,10)11)38-47(56)44-22-18-15-19-23-44)57-36-45(43-20-16-14-17-21-43)24-27-55(57)70(61)63-62(48-39-52-54(41-60(48)73-63)69(12,13)33-31-67(52,8)9)71(58)46-25-26-49-50(37-46)65(4,5)29-28-64(49,2)3/h14-27,34-41H,28-33H2,1-13H3. The third-order valence-corrected chi connectivity index (χ3v) is 19.3. The van der Waals surface area contributed by atoms with Crippen LogP contribution in [0.4, 0.5) is 34.1 Å². The highest BCUT2D eigenvalue weighted by Crippen LogP contribution is 2.56. The maximum atomic E-state index is 7.71. The van der Waals surface area contributed by atoms with E-state index in [-0.39, 0.29) is 39.2 Å². The fourth-order valence-corrected chi connectivity index (χ4v) is 14.4. The van der Waals surface area contributed by atoms with Crippen molar-refractivity contribution in [2.45, 2.75) is 161 Å². The lowest BCUT2D eigenvalue weighted by Crippen LogP contribution is -2.61. The van der Waals surface area contributed by atoms with Gasteiger partial charge in [0.05, 0.1) is 17.0 Å². The van der Waals surface area contributed by atoms with Crippen LogP contribution in [0.25, 0.3) is 33.2 Å². The van der Waals surface area contributed by atoms with Crippen LogP contribution in [-0.4, -0.2) is 6.71 Å². The molecule has 0 radical (unpaired) electrons. The molecular weight excluding hydrogens is 884 g/mol. The summed E-state index contributed by atoms with van der Waals surface area (Å²) in [5.41, 5.74) is 27.1. The fourth-order valence-electron chi connectivity index (χ4n) is 14.4. The zero-order valence-corrected chi connectivity index (χ0v) is 45.8. The number of nitrogens with zero attached hydrogens (tertiary/aromatic N) is 2. The molecule has 2 aliphatic heterocycles. The predicted molar refractivity (Wildman–Crippen MR) is 312 cm³/mol. The van der Waals surface area contributed by atoms with Crippen LogP contribution in [0.3, 0.4) is 0 Å². The summed E-state index contributed by atoms with van der Waals surface area (Å²) in [6.07, 6.45) is 6.94. The molecule has 7 aromatic carbocycles. The Hall–Kier alpha value is -6.26. The van der Waals surface area contributed by atoms with Crippen LogP contribution in [0.1, 0.15) is 161 Å². The minimum absolute atomic E-state index is 0.00492. The van der Waals surface area contributed by atoms with E-state index in [4.69, 9.17) is 4.42 Å². The average Bonchev–Trinajstić information content (AvgIpc) is 3.73. The summed E-state index contributed by atoms with van der Waals surface area (Å²) in [5, 5.41) is 1.21. The number of furan rings is 1. The highest BCUT2D eigenvalue weighted by atomic mass is 16.3. The quantitative estimate of drug-likeness (QED) is 0.164. The van der Waals surface area contributed by atoms with Gasteiger partial charge in [-0.25, -0.2) is 0 Å². The van der Waals surface area contributed by atoms with E-state index in [1.165, 1.54) is 118 Å². The van der Waals surface area contributed by atoms with E-state index in [0.717, 1.165) is 43.3 Å². The lowest BCUT2D eigenvalue weighted by Gasteiger charge is -2.46. The first-order valence-corrected chi connectivity index (χ1v) is 27.5. The summed E-state index contributed by atoms with van der Waals surface area (Å²) >= 11 is 0.